The minimum atomic E-state index is -0.360. The van der Waals surface area contributed by atoms with Crippen molar-refractivity contribution in [3.05, 3.63) is 88.3 Å². The number of hydrogen-bond acceptors (Lipinski definition) is 4. The van der Waals surface area contributed by atoms with Gasteiger partial charge in [0.05, 0.1) is 5.92 Å². The third kappa shape index (κ3) is 4.77. The van der Waals surface area contributed by atoms with Crippen LogP contribution in [0.4, 0.5) is 0 Å². The lowest BCUT2D eigenvalue weighted by atomic mass is 9.94. The molecular weight excluding hydrogens is 404 g/mol. The Morgan fingerprint density at radius 3 is 2.50 bits per heavy atom. The van der Waals surface area contributed by atoms with Crippen molar-refractivity contribution in [1.82, 2.24) is 20.0 Å². The molecule has 1 saturated heterocycles. The fourth-order valence-corrected chi connectivity index (χ4v) is 4.11. The molecule has 1 fully saturated rings. The summed E-state index contributed by atoms with van der Waals surface area (Å²) < 4.78 is 0. The van der Waals surface area contributed by atoms with Crippen molar-refractivity contribution in [3.63, 3.8) is 0 Å². The first-order chi connectivity index (χ1) is 15.5. The van der Waals surface area contributed by atoms with Gasteiger partial charge in [0, 0.05) is 32.2 Å². The van der Waals surface area contributed by atoms with E-state index in [1.807, 2.05) is 37.3 Å². The average Bonchev–Trinajstić information content (AvgIpc) is 2.98. The first-order valence-electron chi connectivity index (χ1n) is 10.8. The highest BCUT2D eigenvalue weighted by Crippen LogP contribution is 2.23. The molecular formula is C25H26N4O3. The standard InChI is InChI=1S/C25H26N4O3/c1-2-28-13-14-29(25(32)22-11-12-23(30)27-26-22)17-21(24(28)31)16-18-7-6-10-20(15-18)19-8-4-3-5-9-19/h3-12,15,21H,2,13-14,16-17H2,1H3,(H,27,30)/t21-/m0/s1. The summed E-state index contributed by atoms with van der Waals surface area (Å²) in [6.45, 7) is 3.76. The van der Waals surface area contributed by atoms with E-state index in [0.717, 1.165) is 16.7 Å². The van der Waals surface area contributed by atoms with E-state index in [4.69, 9.17) is 0 Å². The van der Waals surface area contributed by atoms with Crippen LogP contribution in [0, 0.1) is 5.92 Å². The number of aromatic amines is 1. The summed E-state index contributed by atoms with van der Waals surface area (Å²) in [6.07, 6.45) is 0.541. The summed E-state index contributed by atoms with van der Waals surface area (Å²) in [6, 6.07) is 21.0. The highest BCUT2D eigenvalue weighted by molar-refractivity contribution is 5.93. The SMILES string of the molecule is CCN1CCN(C(=O)c2ccc(=O)[nH]n2)C[C@H](Cc2cccc(-c3ccccc3)c2)C1=O. The molecule has 0 unspecified atom stereocenters. The van der Waals surface area contributed by atoms with E-state index in [-0.39, 0.29) is 29.0 Å². The van der Waals surface area contributed by atoms with Gasteiger partial charge in [-0.05, 0) is 36.1 Å². The van der Waals surface area contributed by atoms with Gasteiger partial charge in [-0.1, -0.05) is 54.6 Å². The Morgan fingerprint density at radius 1 is 1.00 bits per heavy atom. The van der Waals surface area contributed by atoms with Gasteiger partial charge in [-0.2, -0.15) is 5.10 Å². The molecule has 1 atom stereocenters. The maximum absolute atomic E-state index is 13.2. The van der Waals surface area contributed by atoms with Crippen LogP contribution in [0.2, 0.25) is 0 Å². The minimum absolute atomic E-state index is 0.0577. The zero-order chi connectivity index (χ0) is 22.5. The average molecular weight is 431 g/mol. The van der Waals surface area contributed by atoms with Gasteiger partial charge in [-0.3, -0.25) is 14.4 Å². The van der Waals surface area contributed by atoms with Gasteiger partial charge in [0.2, 0.25) is 5.91 Å². The van der Waals surface area contributed by atoms with E-state index in [2.05, 4.69) is 34.5 Å². The third-order valence-corrected chi connectivity index (χ3v) is 5.82. The van der Waals surface area contributed by atoms with Crippen LogP contribution in [0.1, 0.15) is 23.0 Å². The van der Waals surface area contributed by atoms with Crippen LogP contribution in [0.15, 0.2) is 71.5 Å². The van der Waals surface area contributed by atoms with Gasteiger partial charge >= 0.3 is 0 Å². The van der Waals surface area contributed by atoms with Crippen molar-refractivity contribution in [3.8, 4) is 11.1 Å². The zero-order valence-electron chi connectivity index (χ0n) is 18.0. The molecule has 0 radical (unpaired) electrons. The normalized spacial score (nSPS) is 16.7. The number of benzene rings is 2. The highest BCUT2D eigenvalue weighted by Gasteiger charge is 2.32. The molecule has 0 saturated carbocycles. The molecule has 0 bridgehead atoms. The topological polar surface area (TPSA) is 86.4 Å². The maximum atomic E-state index is 13.2. The number of carbonyl (C=O) groups is 2. The fourth-order valence-electron chi connectivity index (χ4n) is 4.11. The van der Waals surface area contributed by atoms with E-state index in [1.165, 1.54) is 12.1 Å². The molecule has 2 heterocycles. The fraction of sp³-hybridized carbons (Fsp3) is 0.280. The van der Waals surface area contributed by atoms with E-state index in [9.17, 15) is 14.4 Å². The van der Waals surface area contributed by atoms with Crippen LogP contribution in [0.3, 0.4) is 0 Å². The summed E-state index contributed by atoms with van der Waals surface area (Å²) in [4.78, 5) is 41.0. The molecule has 32 heavy (non-hydrogen) atoms. The van der Waals surface area contributed by atoms with E-state index in [1.54, 1.807) is 9.80 Å². The predicted molar refractivity (Wildman–Crippen MR) is 122 cm³/mol. The molecule has 7 heteroatoms. The number of H-pyrrole nitrogens is 1. The van der Waals surface area contributed by atoms with Crippen molar-refractivity contribution in [2.24, 2.45) is 5.92 Å². The van der Waals surface area contributed by atoms with E-state index >= 15 is 0 Å². The number of nitrogens with zero attached hydrogens (tertiary/aromatic N) is 3. The first-order valence-corrected chi connectivity index (χ1v) is 10.8. The zero-order valence-corrected chi connectivity index (χ0v) is 18.0. The van der Waals surface area contributed by atoms with Gasteiger partial charge in [-0.15, -0.1) is 0 Å². The minimum Gasteiger partial charge on any atom is -0.341 e. The predicted octanol–water partition coefficient (Wildman–Crippen LogP) is 2.60. The first kappa shape index (κ1) is 21.5. The summed E-state index contributed by atoms with van der Waals surface area (Å²) in [5.41, 5.74) is 3.09. The molecule has 1 aliphatic rings. The van der Waals surface area contributed by atoms with Crippen LogP contribution >= 0.6 is 0 Å². The summed E-state index contributed by atoms with van der Waals surface area (Å²) in [5.74, 6) is -0.576. The number of carbonyl (C=O) groups excluding carboxylic acids is 2. The summed E-state index contributed by atoms with van der Waals surface area (Å²) >= 11 is 0. The molecule has 1 aromatic heterocycles. The van der Waals surface area contributed by atoms with Gasteiger partial charge in [0.15, 0.2) is 0 Å². The van der Waals surface area contributed by atoms with Crippen molar-refractivity contribution >= 4 is 11.8 Å². The Bertz CT molecular complexity index is 1140. The Labute approximate surface area is 186 Å². The maximum Gasteiger partial charge on any atom is 0.274 e. The van der Waals surface area contributed by atoms with E-state index < -0.39 is 0 Å². The molecule has 2 amide bonds. The van der Waals surface area contributed by atoms with Crippen LogP contribution in [0.25, 0.3) is 11.1 Å². The lowest BCUT2D eigenvalue weighted by Crippen LogP contribution is -2.38. The third-order valence-electron chi connectivity index (χ3n) is 5.82. The van der Waals surface area contributed by atoms with Crippen LogP contribution < -0.4 is 5.56 Å². The number of amides is 2. The number of aromatic nitrogens is 2. The second kappa shape index (κ2) is 9.60. The molecule has 1 N–H and O–H groups in total. The molecule has 0 spiro atoms. The smallest absolute Gasteiger partial charge is 0.274 e. The second-order valence-corrected chi connectivity index (χ2v) is 7.94. The monoisotopic (exact) mass is 430 g/mol. The molecule has 1 aliphatic heterocycles. The van der Waals surface area contributed by atoms with Crippen molar-refractivity contribution in [2.75, 3.05) is 26.2 Å². The highest BCUT2D eigenvalue weighted by atomic mass is 16.2. The lowest BCUT2D eigenvalue weighted by molar-refractivity contribution is -0.134. The second-order valence-electron chi connectivity index (χ2n) is 7.94. The number of nitrogens with one attached hydrogen (secondary N) is 1. The Hall–Kier alpha value is -3.74. The summed E-state index contributed by atoms with van der Waals surface area (Å²) in [5, 5.41) is 6.18. The van der Waals surface area contributed by atoms with Gasteiger partial charge in [0.1, 0.15) is 5.69 Å². The molecule has 0 aliphatic carbocycles. The van der Waals surface area contributed by atoms with Crippen molar-refractivity contribution in [2.45, 2.75) is 13.3 Å². The summed E-state index contributed by atoms with van der Waals surface area (Å²) in [7, 11) is 0. The lowest BCUT2D eigenvalue weighted by Gasteiger charge is -2.23. The molecule has 4 rings (SSSR count). The van der Waals surface area contributed by atoms with Gasteiger partial charge in [-0.25, -0.2) is 5.10 Å². The number of hydrogen-bond donors (Lipinski definition) is 1. The Balaban J connectivity index is 1.58. The largest absolute Gasteiger partial charge is 0.341 e. The van der Waals surface area contributed by atoms with Crippen LogP contribution in [-0.4, -0.2) is 58.0 Å². The van der Waals surface area contributed by atoms with Crippen molar-refractivity contribution < 1.29 is 9.59 Å². The number of rotatable bonds is 5. The Kier molecular flexibility index (Phi) is 6.44. The van der Waals surface area contributed by atoms with Gasteiger partial charge in [0.25, 0.3) is 11.5 Å². The molecule has 2 aromatic carbocycles. The quantitative estimate of drug-likeness (QED) is 0.674. The number of likely N-dealkylation sites (N-methyl/N-ethyl adjacent to an activating group) is 1. The molecule has 7 nitrogen and oxygen atoms in total. The Morgan fingerprint density at radius 2 is 1.78 bits per heavy atom. The van der Waals surface area contributed by atoms with Crippen LogP contribution in [-0.2, 0) is 11.2 Å². The van der Waals surface area contributed by atoms with Gasteiger partial charge < -0.3 is 9.80 Å². The molecule has 164 valence electrons. The van der Waals surface area contributed by atoms with Crippen molar-refractivity contribution in [1.29, 1.82) is 0 Å². The van der Waals surface area contributed by atoms with Crippen LogP contribution in [0.5, 0.6) is 0 Å². The molecule has 3 aromatic rings. The van der Waals surface area contributed by atoms with E-state index in [0.29, 0.717) is 32.6 Å².